The van der Waals surface area contributed by atoms with Crippen LogP contribution in [0.25, 0.3) is 10.4 Å². The molecule has 9 heteroatoms. The number of carbonyl (C=O) groups excluding carboxylic acids is 3. The van der Waals surface area contributed by atoms with Gasteiger partial charge in [0.2, 0.25) is 0 Å². The molecule has 1 aliphatic rings. The Hall–Kier alpha value is -2.91. The summed E-state index contributed by atoms with van der Waals surface area (Å²) in [6.45, 7) is 4.72. The van der Waals surface area contributed by atoms with Crippen molar-refractivity contribution < 1.29 is 19.1 Å². The number of amides is 3. The van der Waals surface area contributed by atoms with Gasteiger partial charge in [-0.15, -0.1) is 11.3 Å². The first-order chi connectivity index (χ1) is 15.7. The Bertz CT molecular complexity index is 981. The Balaban J connectivity index is 1.65. The van der Waals surface area contributed by atoms with Crippen LogP contribution in [-0.4, -0.2) is 30.1 Å². The molecule has 1 fully saturated rings. The summed E-state index contributed by atoms with van der Waals surface area (Å²) < 4.78 is 5.72. The molecule has 1 atom stereocenters. The van der Waals surface area contributed by atoms with Gasteiger partial charge in [-0.3, -0.25) is 14.9 Å². The summed E-state index contributed by atoms with van der Waals surface area (Å²) in [6.07, 6.45) is 4.93. The first-order valence-corrected chi connectivity index (χ1v) is 12.1. The Kier molecular flexibility index (Phi) is 8.46. The number of benzene rings is 1. The molecule has 8 nitrogen and oxygen atoms in total. The van der Waals surface area contributed by atoms with Crippen molar-refractivity contribution in [2.75, 3.05) is 5.32 Å². The van der Waals surface area contributed by atoms with Crippen LogP contribution in [0.1, 0.15) is 61.9 Å². The van der Waals surface area contributed by atoms with Gasteiger partial charge in [-0.05, 0) is 55.2 Å². The van der Waals surface area contributed by atoms with E-state index in [0.29, 0.717) is 23.9 Å². The monoisotopic (exact) mass is 472 g/mol. The van der Waals surface area contributed by atoms with Gasteiger partial charge in [0.15, 0.2) is 0 Å². The van der Waals surface area contributed by atoms with Crippen LogP contribution < -0.4 is 22.1 Å². The molecule has 178 valence electrons. The SMILES string of the molecule is CC(C)C[C@@H](NCc1ccc(-c2cc(C(N)=O)c(NC(N)=O)s2)cc1)C(=O)OC1CCCC1. The van der Waals surface area contributed by atoms with Crippen LogP contribution >= 0.6 is 11.3 Å². The Labute approximate surface area is 198 Å². The van der Waals surface area contributed by atoms with E-state index in [0.717, 1.165) is 41.7 Å². The number of hydrogen-bond acceptors (Lipinski definition) is 6. The molecular formula is C24H32N4O4S. The molecule has 0 bridgehead atoms. The van der Waals surface area contributed by atoms with E-state index < -0.39 is 11.9 Å². The molecule has 2 aromatic rings. The Morgan fingerprint density at radius 1 is 1.12 bits per heavy atom. The minimum atomic E-state index is -0.755. The number of urea groups is 1. The highest BCUT2D eigenvalue weighted by molar-refractivity contribution is 7.20. The van der Waals surface area contributed by atoms with Gasteiger partial charge in [0.25, 0.3) is 5.91 Å². The average molecular weight is 473 g/mol. The molecule has 1 aromatic heterocycles. The molecule has 6 N–H and O–H groups in total. The van der Waals surface area contributed by atoms with Crippen molar-refractivity contribution in [2.24, 2.45) is 17.4 Å². The van der Waals surface area contributed by atoms with E-state index in [1.807, 2.05) is 24.3 Å². The molecule has 1 aromatic carbocycles. The highest BCUT2D eigenvalue weighted by atomic mass is 32.1. The van der Waals surface area contributed by atoms with E-state index in [4.69, 9.17) is 16.2 Å². The molecule has 0 unspecified atom stereocenters. The normalized spacial score (nSPS) is 14.9. The first kappa shape index (κ1) is 24.7. The fourth-order valence-corrected chi connectivity index (χ4v) is 5.01. The summed E-state index contributed by atoms with van der Waals surface area (Å²) in [5.41, 5.74) is 12.7. The van der Waals surface area contributed by atoms with E-state index in [9.17, 15) is 14.4 Å². The molecule has 1 heterocycles. The van der Waals surface area contributed by atoms with Gasteiger partial charge in [-0.1, -0.05) is 38.1 Å². The quantitative estimate of drug-likeness (QED) is 0.388. The second-order valence-corrected chi connectivity index (χ2v) is 9.86. The number of thiophene rings is 1. The lowest BCUT2D eigenvalue weighted by atomic mass is 10.0. The van der Waals surface area contributed by atoms with Crippen molar-refractivity contribution in [1.82, 2.24) is 5.32 Å². The van der Waals surface area contributed by atoms with Gasteiger partial charge in [0, 0.05) is 11.4 Å². The minimum absolute atomic E-state index is 0.0540. The van der Waals surface area contributed by atoms with Crippen LogP contribution in [0.5, 0.6) is 0 Å². The third kappa shape index (κ3) is 7.03. The van der Waals surface area contributed by atoms with Crippen molar-refractivity contribution in [1.29, 1.82) is 0 Å². The number of esters is 1. The maximum Gasteiger partial charge on any atom is 0.323 e. The number of ether oxygens (including phenoxy) is 1. The summed E-state index contributed by atoms with van der Waals surface area (Å²) in [7, 11) is 0. The van der Waals surface area contributed by atoms with E-state index in [2.05, 4.69) is 24.5 Å². The lowest BCUT2D eigenvalue weighted by Gasteiger charge is -2.22. The standard InChI is InChI=1S/C24H32N4O4S/c1-14(2)11-19(23(30)32-17-5-3-4-6-17)27-13-15-7-9-16(10-8-15)20-12-18(21(25)29)22(33-20)28-24(26)31/h7-10,12,14,17,19,27H,3-6,11,13H2,1-2H3,(H2,25,29)(H3,26,28,31)/t19-/m1/s1. The van der Waals surface area contributed by atoms with E-state index in [1.165, 1.54) is 11.3 Å². The molecule has 1 saturated carbocycles. The molecular weight excluding hydrogens is 440 g/mol. The lowest BCUT2D eigenvalue weighted by Crippen LogP contribution is -2.40. The molecule has 33 heavy (non-hydrogen) atoms. The fourth-order valence-electron chi connectivity index (χ4n) is 3.94. The van der Waals surface area contributed by atoms with Gasteiger partial charge in [0.1, 0.15) is 17.1 Å². The maximum absolute atomic E-state index is 12.7. The topological polar surface area (TPSA) is 137 Å². The second-order valence-electron chi connectivity index (χ2n) is 8.81. The van der Waals surface area contributed by atoms with Crippen LogP contribution in [0.2, 0.25) is 0 Å². The molecule has 0 radical (unpaired) electrons. The number of primary amides is 2. The van der Waals surface area contributed by atoms with Crippen molar-refractivity contribution in [3.05, 3.63) is 41.5 Å². The van der Waals surface area contributed by atoms with Crippen LogP contribution in [0, 0.1) is 5.92 Å². The highest BCUT2D eigenvalue weighted by Crippen LogP contribution is 2.35. The maximum atomic E-state index is 12.7. The number of carbonyl (C=O) groups is 3. The van der Waals surface area contributed by atoms with Gasteiger partial charge in [-0.25, -0.2) is 4.79 Å². The largest absolute Gasteiger partial charge is 0.461 e. The van der Waals surface area contributed by atoms with Crippen molar-refractivity contribution in [2.45, 2.75) is 64.6 Å². The van der Waals surface area contributed by atoms with Crippen LogP contribution in [0.3, 0.4) is 0 Å². The van der Waals surface area contributed by atoms with Crippen molar-refractivity contribution >= 4 is 34.2 Å². The van der Waals surface area contributed by atoms with Crippen molar-refractivity contribution in [3.8, 4) is 10.4 Å². The zero-order chi connectivity index (χ0) is 24.0. The summed E-state index contributed by atoms with van der Waals surface area (Å²) in [4.78, 5) is 36.4. The van der Waals surface area contributed by atoms with Gasteiger partial charge < -0.3 is 21.5 Å². The van der Waals surface area contributed by atoms with E-state index >= 15 is 0 Å². The van der Waals surface area contributed by atoms with Crippen LogP contribution in [0.15, 0.2) is 30.3 Å². The van der Waals surface area contributed by atoms with Crippen LogP contribution in [-0.2, 0) is 16.1 Å². The predicted molar refractivity (Wildman–Crippen MR) is 130 cm³/mol. The average Bonchev–Trinajstić information content (AvgIpc) is 3.41. The van der Waals surface area contributed by atoms with Crippen LogP contribution in [0.4, 0.5) is 9.80 Å². The molecule has 0 saturated heterocycles. The third-order valence-corrected chi connectivity index (χ3v) is 6.70. The number of nitrogens with two attached hydrogens (primary N) is 2. The number of rotatable bonds is 10. The molecule has 3 amide bonds. The predicted octanol–water partition coefficient (Wildman–Crippen LogP) is 3.99. The Morgan fingerprint density at radius 2 is 1.79 bits per heavy atom. The summed E-state index contributed by atoms with van der Waals surface area (Å²) in [5.74, 6) is -0.440. The summed E-state index contributed by atoms with van der Waals surface area (Å²) in [6, 6.07) is 8.32. The third-order valence-electron chi connectivity index (χ3n) is 5.60. The summed E-state index contributed by atoms with van der Waals surface area (Å²) in [5, 5.41) is 6.13. The van der Waals surface area contributed by atoms with Gasteiger partial charge in [0.05, 0.1) is 5.56 Å². The smallest absolute Gasteiger partial charge is 0.323 e. The number of nitrogens with one attached hydrogen (secondary N) is 2. The zero-order valence-electron chi connectivity index (χ0n) is 19.1. The number of hydrogen-bond donors (Lipinski definition) is 4. The molecule has 0 aliphatic heterocycles. The number of anilines is 1. The highest BCUT2D eigenvalue weighted by Gasteiger charge is 2.26. The van der Waals surface area contributed by atoms with Gasteiger partial charge >= 0.3 is 12.0 Å². The minimum Gasteiger partial charge on any atom is -0.461 e. The molecule has 3 rings (SSSR count). The van der Waals surface area contributed by atoms with E-state index in [-0.39, 0.29) is 23.7 Å². The molecule has 0 spiro atoms. The van der Waals surface area contributed by atoms with E-state index in [1.54, 1.807) is 6.07 Å². The molecule has 1 aliphatic carbocycles. The second kappa shape index (κ2) is 11.3. The van der Waals surface area contributed by atoms with Gasteiger partial charge in [-0.2, -0.15) is 0 Å². The summed E-state index contributed by atoms with van der Waals surface area (Å²) >= 11 is 1.23. The van der Waals surface area contributed by atoms with Crippen molar-refractivity contribution in [3.63, 3.8) is 0 Å². The first-order valence-electron chi connectivity index (χ1n) is 11.3. The fraction of sp³-hybridized carbons (Fsp3) is 0.458. The zero-order valence-corrected chi connectivity index (χ0v) is 19.9. The Morgan fingerprint density at radius 3 is 2.36 bits per heavy atom. The lowest BCUT2D eigenvalue weighted by molar-refractivity contribution is -0.151.